The first-order chi connectivity index (χ1) is 16.3. The molecule has 1 aliphatic carbocycles. The van der Waals surface area contributed by atoms with Crippen molar-refractivity contribution in [2.75, 3.05) is 36.8 Å². The van der Waals surface area contributed by atoms with E-state index in [1.54, 1.807) is 22.6 Å². The second-order valence-corrected chi connectivity index (χ2v) is 10.2. The van der Waals surface area contributed by atoms with Crippen LogP contribution in [0, 0.1) is 0 Å². The summed E-state index contributed by atoms with van der Waals surface area (Å²) in [6, 6.07) is 9.15. The number of halogens is 3. The second-order valence-electron chi connectivity index (χ2n) is 8.60. The Balaban J connectivity index is 1.48. The molecule has 0 radical (unpaired) electrons. The third-order valence-electron chi connectivity index (χ3n) is 6.15. The number of para-hydroxylation sites is 1. The molecule has 1 unspecified atom stereocenters. The Bertz CT molecular complexity index is 991. The Hall–Kier alpha value is -2.24. The Morgan fingerprint density at radius 1 is 1.09 bits per heavy atom. The minimum absolute atomic E-state index is 0.00969. The molecule has 0 N–H and O–H groups in total. The van der Waals surface area contributed by atoms with Crippen molar-refractivity contribution < 1.29 is 22.5 Å². The first kappa shape index (κ1) is 24.9. The molecule has 0 spiro atoms. The van der Waals surface area contributed by atoms with Crippen LogP contribution >= 0.6 is 0 Å². The van der Waals surface area contributed by atoms with Crippen LogP contribution in [0.15, 0.2) is 41.3 Å². The predicted octanol–water partition coefficient (Wildman–Crippen LogP) is 3.68. The van der Waals surface area contributed by atoms with E-state index >= 15 is 0 Å². The van der Waals surface area contributed by atoms with Gasteiger partial charge in [0.25, 0.3) is 0 Å². The van der Waals surface area contributed by atoms with Crippen LogP contribution in [-0.2, 0) is 11.4 Å². The molecule has 1 aromatic heterocycles. The van der Waals surface area contributed by atoms with Gasteiger partial charge in [-0.1, -0.05) is 18.2 Å². The highest BCUT2D eigenvalue weighted by Crippen LogP contribution is 2.30. The van der Waals surface area contributed by atoms with Crippen molar-refractivity contribution in [2.45, 2.75) is 50.8 Å². The molecule has 2 heterocycles. The largest absolute Gasteiger partial charge is 0.598 e. The van der Waals surface area contributed by atoms with Crippen LogP contribution in [0.25, 0.3) is 5.69 Å². The van der Waals surface area contributed by atoms with Gasteiger partial charge < -0.3 is 14.2 Å². The van der Waals surface area contributed by atoms with E-state index in [4.69, 9.17) is 4.74 Å². The average molecular weight is 499 g/mol. The van der Waals surface area contributed by atoms with Gasteiger partial charge in [-0.15, -0.1) is 4.31 Å². The summed E-state index contributed by atoms with van der Waals surface area (Å²) in [6.45, 7) is 1.79. The number of ether oxygens (including phenoxy) is 1. The average Bonchev–Trinajstić information content (AvgIpc) is 3.33. The Labute approximate surface area is 199 Å². The zero-order valence-electron chi connectivity index (χ0n) is 18.9. The van der Waals surface area contributed by atoms with Gasteiger partial charge in [-0.25, -0.2) is 0 Å². The minimum Gasteiger partial charge on any atom is -0.598 e. The third-order valence-corrected chi connectivity index (χ3v) is 7.73. The summed E-state index contributed by atoms with van der Waals surface area (Å²) in [7, 11) is 0. The number of aromatic nitrogens is 2. The molecule has 186 valence electrons. The number of anilines is 1. The van der Waals surface area contributed by atoms with Crippen molar-refractivity contribution >= 4 is 17.0 Å². The van der Waals surface area contributed by atoms with Crippen LogP contribution in [0.1, 0.15) is 38.5 Å². The van der Waals surface area contributed by atoms with E-state index in [1.807, 2.05) is 23.1 Å². The van der Waals surface area contributed by atoms with Gasteiger partial charge in [-0.05, 0) is 37.8 Å². The van der Waals surface area contributed by atoms with Crippen molar-refractivity contribution in [1.82, 2.24) is 14.1 Å². The lowest BCUT2D eigenvalue weighted by atomic mass is 10.2. The summed E-state index contributed by atoms with van der Waals surface area (Å²) in [6.07, 6.45) is 0.240. The fourth-order valence-electron chi connectivity index (χ4n) is 4.35. The fraction of sp³-hybridized carbons (Fsp3) is 0.565. The van der Waals surface area contributed by atoms with Gasteiger partial charge in [0.05, 0.1) is 31.1 Å². The minimum atomic E-state index is -4.23. The highest BCUT2D eigenvalue weighted by atomic mass is 32.2. The Kier molecular flexibility index (Phi) is 8.05. The molecule has 0 amide bonds. The van der Waals surface area contributed by atoms with Crippen molar-refractivity contribution in [1.29, 1.82) is 0 Å². The van der Waals surface area contributed by atoms with E-state index in [9.17, 15) is 22.5 Å². The van der Waals surface area contributed by atoms with Gasteiger partial charge >= 0.3 is 11.7 Å². The van der Waals surface area contributed by atoms with Crippen LogP contribution in [0.5, 0.6) is 5.75 Å². The molecule has 1 saturated heterocycles. The smallest absolute Gasteiger partial charge is 0.389 e. The summed E-state index contributed by atoms with van der Waals surface area (Å²) in [5.41, 5.74) is 0.926. The first-order valence-corrected chi connectivity index (χ1v) is 12.9. The number of rotatable bonds is 8. The maximum Gasteiger partial charge on any atom is 0.389 e. The highest BCUT2D eigenvalue weighted by molar-refractivity contribution is 7.89. The second kappa shape index (κ2) is 11.0. The van der Waals surface area contributed by atoms with Crippen LogP contribution in [0.4, 0.5) is 18.9 Å². The van der Waals surface area contributed by atoms with Crippen molar-refractivity contribution in [3.8, 4) is 11.4 Å². The topological polar surface area (TPSA) is 73.7 Å². The van der Waals surface area contributed by atoms with Crippen molar-refractivity contribution in [2.24, 2.45) is 0 Å². The van der Waals surface area contributed by atoms with Crippen LogP contribution < -0.4 is 15.2 Å². The van der Waals surface area contributed by atoms with Gasteiger partial charge in [-0.3, -0.25) is 4.79 Å². The monoisotopic (exact) mass is 498 g/mol. The molecule has 4 rings (SSSR count). The summed E-state index contributed by atoms with van der Waals surface area (Å²) in [5.74, 6) is 0.259. The molecule has 2 fully saturated rings. The first-order valence-electron chi connectivity index (χ1n) is 11.6. The van der Waals surface area contributed by atoms with Crippen LogP contribution in [-0.4, -0.2) is 62.9 Å². The summed E-state index contributed by atoms with van der Waals surface area (Å²) in [5, 5.41) is 4.38. The molecular weight excluding hydrogens is 469 g/mol. The highest BCUT2D eigenvalue weighted by Gasteiger charge is 2.32. The zero-order chi connectivity index (χ0) is 24.1. The van der Waals surface area contributed by atoms with E-state index < -0.39 is 24.0 Å². The molecule has 1 aromatic carbocycles. The molecule has 7 nitrogen and oxygen atoms in total. The molecule has 1 atom stereocenters. The number of hydrogen-bond donors (Lipinski definition) is 0. The van der Waals surface area contributed by atoms with Crippen molar-refractivity contribution in [3.05, 3.63) is 46.9 Å². The van der Waals surface area contributed by atoms with E-state index in [2.05, 4.69) is 5.10 Å². The molecule has 1 aliphatic heterocycles. The van der Waals surface area contributed by atoms with Gasteiger partial charge in [0, 0.05) is 37.3 Å². The number of alkyl halides is 3. The molecular formula is C23H29F3N4O3S. The molecule has 2 aliphatic rings. The molecule has 11 heteroatoms. The quantitative estimate of drug-likeness (QED) is 0.517. The van der Waals surface area contributed by atoms with Crippen LogP contribution in [0.3, 0.4) is 0 Å². The fourth-order valence-corrected chi connectivity index (χ4v) is 5.57. The molecule has 2 aromatic rings. The zero-order valence-corrected chi connectivity index (χ0v) is 19.7. The molecule has 1 saturated carbocycles. The van der Waals surface area contributed by atoms with Crippen LogP contribution in [0.2, 0.25) is 0 Å². The van der Waals surface area contributed by atoms with E-state index in [-0.39, 0.29) is 29.6 Å². The third kappa shape index (κ3) is 6.25. The molecule has 34 heavy (non-hydrogen) atoms. The lowest BCUT2D eigenvalue weighted by Crippen LogP contribution is -2.49. The molecule has 0 bridgehead atoms. The number of hydrogen-bond acceptors (Lipinski definition) is 6. The maximum absolute atomic E-state index is 13.4. The normalized spacial score (nSPS) is 18.9. The predicted molar refractivity (Wildman–Crippen MR) is 125 cm³/mol. The standard InChI is InChI=1S/C23H29F3N4O3S/c24-23(25,26)11-6-16-34(32)29-14-12-28(13-15-29)20-17-27-30(18-7-2-1-3-8-18)22(31)21(20)33-19-9-4-5-10-19/h1-3,7-8,17,19H,4-6,9-16H2. The van der Waals surface area contributed by atoms with Gasteiger partial charge in [0.1, 0.15) is 11.4 Å². The number of piperazine rings is 1. The van der Waals surface area contributed by atoms with Gasteiger partial charge in [0.15, 0.2) is 0 Å². The summed E-state index contributed by atoms with van der Waals surface area (Å²) < 4.78 is 58.8. The van der Waals surface area contributed by atoms with Gasteiger partial charge in [0.2, 0.25) is 5.75 Å². The Morgan fingerprint density at radius 2 is 1.76 bits per heavy atom. The van der Waals surface area contributed by atoms with E-state index in [0.717, 1.165) is 25.7 Å². The maximum atomic E-state index is 13.4. The lowest BCUT2D eigenvalue weighted by molar-refractivity contribution is -0.134. The summed E-state index contributed by atoms with van der Waals surface area (Å²) in [4.78, 5) is 15.4. The SMILES string of the molecule is O=c1c(OC2CCCC2)c(N2CCN([S+]([O-])CCCC(F)(F)F)CC2)cnn1-c1ccccc1. The Morgan fingerprint density at radius 3 is 2.41 bits per heavy atom. The van der Waals surface area contributed by atoms with Crippen molar-refractivity contribution in [3.63, 3.8) is 0 Å². The lowest BCUT2D eigenvalue weighted by Gasteiger charge is -2.36. The van der Waals surface area contributed by atoms with E-state index in [1.165, 1.54) is 4.68 Å². The van der Waals surface area contributed by atoms with E-state index in [0.29, 0.717) is 37.6 Å². The van der Waals surface area contributed by atoms with Gasteiger partial charge in [-0.2, -0.15) is 23.0 Å². The number of benzene rings is 1. The summed E-state index contributed by atoms with van der Waals surface area (Å²) >= 11 is -1.46. The number of nitrogens with zero attached hydrogens (tertiary/aromatic N) is 4.